The summed E-state index contributed by atoms with van der Waals surface area (Å²) in [5, 5.41) is 12.5. The Hall–Kier alpha value is -1.22. The smallest absolute Gasteiger partial charge is 0.189 e. The lowest BCUT2D eigenvalue weighted by Gasteiger charge is -2.07. The van der Waals surface area contributed by atoms with E-state index in [0.29, 0.717) is 30.4 Å². The summed E-state index contributed by atoms with van der Waals surface area (Å²) in [5.41, 5.74) is 6.31. The molecule has 0 aliphatic rings. The van der Waals surface area contributed by atoms with Gasteiger partial charge in [-0.25, -0.2) is 4.99 Å². The molecule has 0 fully saturated rings. The Kier molecular flexibility index (Phi) is 9.06. The highest BCUT2D eigenvalue weighted by molar-refractivity contribution is 14.0. The van der Waals surface area contributed by atoms with Crippen LogP contribution in [0, 0.1) is 0 Å². The van der Waals surface area contributed by atoms with Gasteiger partial charge in [-0.05, 0) is 18.2 Å². The minimum Gasteiger partial charge on any atom is -0.508 e. The highest BCUT2D eigenvalue weighted by Crippen LogP contribution is 2.23. The molecule has 0 aromatic heterocycles. The molecule has 4 N–H and O–H groups in total. The molecule has 0 atom stereocenters. The molecule has 0 spiro atoms. The van der Waals surface area contributed by atoms with Crippen LogP contribution in [0.5, 0.6) is 11.5 Å². The summed E-state index contributed by atoms with van der Waals surface area (Å²) in [5.74, 6) is 1.16. The summed E-state index contributed by atoms with van der Waals surface area (Å²) < 4.78 is 9.95. The number of nitrogens with one attached hydrogen (secondary N) is 1. The van der Waals surface area contributed by atoms with Crippen molar-refractivity contribution >= 4 is 29.9 Å². The van der Waals surface area contributed by atoms with E-state index in [-0.39, 0.29) is 36.3 Å². The Morgan fingerprint density at radius 2 is 2.16 bits per heavy atom. The Morgan fingerprint density at radius 1 is 1.42 bits per heavy atom. The highest BCUT2D eigenvalue weighted by atomic mass is 127. The Balaban J connectivity index is 0.00000324. The minimum absolute atomic E-state index is 0. The van der Waals surface area contributed by atoms with E-state index in [1.165, 1.54) is 0 Å². The number of hydrogen-bond donors (Lipinski definition) is 3. The maximum Gasteiger partial charge on any atom is 0.189 e. The molecule has 1 aromatic carbocycles. The van der Waals surface area contributed by atoms with Gasteiger partial charge in [-0.1, -0.05) is 0 Å². The van der Waals surface area contributed by atoms with Crippen LogP contribution in [-0.4, -0.2) is 38.4 Å². The number of nitrogens with two attached hydrogens (primary N) is 1. The molecule has 0 saturated heterocycles. The number of aromatic hydroxyl groups is 1. The largest absolute Gasteiger partial charge is 0.508 e. The summed E-state index contributed by atoms with van der Waals surface area (Å²) >= 11 is 0. The van der Waals surface area contributed by atoms with Crippen molar-refractivity contribution in [3.63, 3.8) is 0 Å². The SMILES string of the molecule is COCCNC(N)=NCc1cc(OC)ccc1O.I. The molecule has 1 aromatic rings. The van der Waals surface area contributed by atoms with E-state index < -0.39 is 0 Å². The Labute approximate surface area is 130 Å². The van der Waals surface area contributed by atoms with Crippen molar-refractivity contribution in [3.8, 4) is 11.5 Å². The number of rotatable bonds is 6. The van der Waals surface area contributed by atoms with Crippen LogP contribution in [0.25, 0.3) is 0 Å². The fourth-order valence-corrected chi connectivity index (χ4v) is 1.32. The first-order valence-corrected chi connectivity index (χ1v) is 5.56. The Bertz CT molecular complexity index is 413. The quantitative estimate of drug-likeness (QED) is 0.297. The van der Waals surface area contributed by atoms with E-state index in [1.807, 2.05) is 0 Å². The molecular weight excluding hydrogens is 361 g/mol. The molecule has 0 aliphatic carbocycles. The number of methoxy groups -OCH3 is 2. The van der Waals surface area contributed by atoms with Gasteiger partial charge in [0, 0.05) is 19.2 Å². The normalized spacial score (nSPS) is 10.7. The average Bonchev–Trinajstić information content (AvgIpc) is 2.38. The van der Waals surface area contributed by atoms with Crippen LogP contribution in [-0.2, 0) is 11.3 Å². The number of nitrogens with zero attached hydrogens (tertiary/aromatic N) is 1. The van der Waals surface area contributed by atoms with Crippen LogP contribution >= 0.6 is 24.0 Å². The van der Waals surface area contributed by atoms with Gasteiger partial charge in [0.25, 0.3) is 0 Å². The fourth-order valence-electron chi connectivity index (χ4n) is 1.32. The van der Waals surface area contributed by atoms with Gasteiger partial charge in [0.1, 0.15) is 11.5 Å². The van der Waals surface area contributed by atoms with E-state index in [2.05, 4.69) is 10.3 Å². The maximum atomic E-state index is 9.65. The summed E-state index contributed by atoms with van der Waals surface area (Å²) in [6.07, 6.45) is 0. The zero-order valence-electron chi connectivity index (χ0n) is 11.0. The number of guanidine groups is 1. The predicted molar refractivity (Wildman–Crippen MR) is 85.3 cm³/mol. The van der Waals surface area contributed by atoms with Crippen LogP contribution < -0.4 is 15.8 Å². The minimum atomic E-state index is 0. The first kappa shape index (κ1) is 17.8. The third-order valence-electron chi connectivity index (χ3n) is 2.32. The number of phenolic OH excluding ortho intramolecular Hbond substituents is 1. The van der Waals surface area contributed by atoms with Crippen LogP contribution in [0.3, 0.4) is 0 Å². The van der Waals surface area contributed by atoms with Gasteiger partial charge in [-0.2, -0.15) is 0 Å². The van der Waals surface area contributed by atoms with Gasteiger partial charge in [-0.3, -0.25) is 0 Å². The fraction of sp³-hybridized carbons (Fsp3) is 0.417. The van der Waals surface area contributed by atoms with Gasteiger partial charge < -0.3 is 25.6 Å². The molecule has 7 heteroatoms. The second-order valence-corrected chi connectivity index (χ2v) is 3.62. The molecule has 0 amide bonds. The molecule has 0 radical (unpaired) electrons. The molecule has 108 valence electrons. The Morgan fingerprint density at radius 3 is 2.79 bits per heavy atom. The van der Waals surface area contributed by atoms with E-state index in [9.17, 15) is 5.11 Å². The second-order valence-electron chi connectivity index (χ2n) is 3.62. The molecule has 0 aliphatic heterocycles. The molecule has 0 bridgehead atoms. The number of hydrogen-bond acceptors (Lipinski definition) is 4. The third kappa shape index (κ3) is 6.48. The van der Waals surface area contributed by atoms with Gasteiger partial charge in [0.2, 0.25) is 0 Å². The van der Waals surface area contributed by atoms with Crippen molar-refractivity contribution in [2.45, 2.75) is 6.54 Å². The van der Waals surface area contributed by atoms with Crippen LogP contribution in [0.4, 0.5) is 0 Å². The molecule has 0 unspecified atom stereocenters. The second kappa shape index (κ2) is 9.68. The topological polar surface area (TPSA) is 89.1 Å². The summed E-state index contributed by atoms with van der Waals surface area (Å²) in [4.78, 5) is 4.11. The highest BCUT2D eigenvalue weighted by Gasteiger charge is 2.02. The van der Waals surface area contributed by atoms with E-state index in [1.54, 1.807) is 32.4 Å². The van der Waals surface area contributed by atoms with E-state index in [0.717, 1.165) is 0 Å². The van der Waals surface area contributed by atoms with Gasteiger partial charge in [0.15, 0.2) is 5.96 Å². The third-order valence-corrected chi connectivity index (χ3v) is 2.32. The average molecular weight is 381 g/mol. The first-order valence-electron chi connectivity index (χ1n) is 5.56. The lowest BCUT2D eigenvalue weighted by atomic mass is 10.2. The van der Waals surface area contributed by atoms with Crippen LogP contribution in [0.1, 0.15) is 5.56 Å². The van der Waals surface area contributed by atoms with Crippen molar-refractivity contribution < 1.29 is 14.6 Å². The van der Waals surface area contributed by atoms with Crippen LogP contribution in [0.2, 0.25) is 0 Å². The molecule has 6 nitrogen and oxygen atoms in total. The summed E-state index contributed by atoms with van der Waals surface area (Å²) in [6.45, 7) is 1.44. The van der Waals surface area contributed by atoms with Gasteiger partial charge >= 0.3 is 0 Å². The zero-order chi connectivity index (χ0) is 13.4. The lowest BCUT2D eigenvalue weighted by molar-refractivity contribution is 0.204. The van der Waals surface area contributed by atoms with Crippen molar-refractivity contribution in [2.75, 3.05) is 27.4 Å². The van der Waals surface area contributed by atoms with Crippen molar-refractivity contribution in [1.29, 1.82) is 0 Å². The standard InChI is InChI=1S/C12H19N3O3.HI/c1-17-6-5-14-12(13)15-8-9-7-10(18-2)3-4-11(9)16;/h3-4,7,16H,5-6,8H2,1-2H3,(H3,13,14,15);1H. The maximum absolute atomic E-state index is 9.65. The number of halogens is 1. The van der Waals surface area contributed by atoms with Crippen molar-refractivity contribution in [2.24, 2.45) is 10.7 Å². The predicted octanol–water partition coefficient (Wildman–Crippen LogP) is 1.07. The summed E-state index contributed by atoms with van der Waals surface area (Å²) in [6, 6.07) is 4.97. The molecule has 0 heterocycles. The van der Waals surface area contributed by atoms with Crippen molar-refractivity contribution in [1.82, 2.24) is 5.32 Å². The van der Waals surface area contributed by atoms with E-state index >= 15 is 0 Å². The molecule has 19 heavy (non-hydrogen) atoms. The zero-order valence-corrected chi connectivity index (χ0v) is 13.4. The summed E-state index contributed by atoms with van der Waals surface area (Å²) in [7, 11) is 3.18. The van der Waals surface area contributed by atoms with Crippen molar-refractivity contribution in [3.05, 3.63) is 23.8 Å². The molecular formula is C12H20IN3O3. The number of ether oxygens (including phenoxy) is 2. The monoisotopic (exact) mass is 381 g/mol. The number of benzene rings is 1. The first-order chi connectivity index (χ1) is 8.67. The molecule has 1 rings (SSSR count). The van der Waals surface area contributed by atoms with Gasteiger partial charge in [0.05, 0.1) is 20.3 Å². The lowest BCUT2D eigenvalue weighted by Crippen LogP contribution is -2.34. The van der Waals surface area contributed by atoms with Crippen LogP contribution in [0.15, 0.2) is 23.2 Å². The van der Waals surface area contributed by atoms with Gasteiger partial charge in [-0.15, -0.1) is 24.0 Å². The van der Waals surface area contributed by atoms with E-state index in [4.69, 9.17) is 15.2 Å². The number of aliphatic imine (C=N–C) groups is 1. The molecule has 0 saturated carbocycles. The number of phenols is 1.